The first-order valence-electron chi connectivity index (χ1n) is 7.72. The van der Waals surface area contributed by atoms with Crippen LogP contribution in [-0.4, -0.2) is 47.6 Å². The molecule has 1 aliphatic heterocycles. The van der Waals surface area contributed by atoms with Crippen molar-refractivity contribution in [2.75, 3.05) is 37.3 Å². The van der Waals surface area contributed by atoms with Gasteiger partial charge in [-0.3, -0.25) is 0 Å². The van der Waals surface area contributed by atoms with Crippen molar-refractivity contribution in [1.29, 1.82) is 0 Å². The molecular weight excluding hydrogens is 262 g/mol. The third-order valence-corrected chi connectivity index (χ3v) is 3.87. The van der Waals surface area contributed by atoms with Gasteiger partial charge in [0.15, 0.2) is 0 Å². The third-order valence-electron chi connectivity index (χ3n) is 3.87. The van der Waals surface area contributed by atoms with Crippen molar-refractivity contribution >= 4 is 22.7 Å². The lowest BCUT2D eigenvalue weighted by atomic mass is 10.2. The summed E-state index contributed by atoms with van der Waals surface area (Å²) in [6.45, 7) is 5.24. The fourth-order valence-electron chi connectivity index (χ4n) is 2.75. The summed E-state index contributed by atoms with van der Waals surface area (Å²) >= 11 is 0. The molecule has 1 unspecified atom stereocenters. The number of hydrogen-bond donors (Lipinski definition) is 2. The summed E-state index contributed by atoms with van der Waals surface area (Å²) in [5, 5.41) is 7.98. The highest BCUT2D eigenvalue weighted by Gasteiger charge is 2.20. The highest BCUT2D eigenvalue weighted by atomic mass is 15.2. The fourth-order valence-corrected chi connectivity index (χ4v) is 2.75. The lowest BCUT2D eigenvalue weighted by molar-refractivity contribution is 0.414. The first-order valence-corrected chi connectivity index (χ1v) is 7.72. The molecule has 1 aromatic carbocycles. The van der Waals surface area contributed by atoms with Gasteiger partial charge in [-0.25, -0.2) is 4.98 Å². The summed E-state index contributed by atoms with van der Waals surface area (Å²) in [6, 6.07) is 8.65. The van der Waals surface area contributed by atoms with Crippen LogP contribution in [0.2, 0.25) is 0 Å². The molecule has 1 aliphatic rings. The molecule has 2 N–H and O–H groups in total. The Balaban J connectivity index is 1.90. The second-order valence-electron chi connectivity index (χ2n) is 5.73. The van der Waals surface area contributed by atoms with Crippen molar-refractivity contribution in [3.63, 3.8) is 0 Å². The van der Waals surface area contributed by atoms with Gasteiger partial charge in [-0.2, -0.15) is 4.98 Å². The van der Waals surface area contributed by atoms with Gasteiger partial charge in [0, 0.05) is 24.5 Å². The van der Waals surface area contributed by atoms with E-state index >= 15 is 0 Å². The van der Waals surface area contributed by atoms with Gasteiger partial charge in [0.1, 0.15) is 5.82 Å². The summed E-state index contributed by atoms with van der Waals surface area (Å²) in [6.07, 6.45) is 2.22. The topological polar surface area (TPSA) is 53.1 Å². The summed E-state index contributed by atoms with van der Waals surface area (Å²) in [4.78, 5) is 11.6. The van der Waals surface area contributed by atoms with Crippen molar-refractivity contribution in [1.82, 2.24) is 14.9 Å². The molecule has 1 saturated heterocycles. The Labute approximate surface area is 125 Å². The Bertz CT molecular complexity index is 613. The van der Waals surface area contributed by atoms with E-state index < -0.39 is 0 Å². The van der Waals surface area contributed by atoms with Gasteiger partial charge in [0.25, 0.3) is 0 Å². The molecule has 0 spiro atoms. The van der Waals surface area contributed by atoms with Crippen molar-refractivity contribution in [3.05, 3.63) is 24.3 Å². The number of rotatable bonds is 5. The van der Waals surface area contributed by atoms with Crippen LogP contribution in [0.15, 0.2) is 24.3 Å². The van der Waals surface area contributed by atoms with E-state index in [4.69, 9.17) is 0 Å². The molecule has 5 heteroatoms. The number of fused-ring (bicyclic) bond motifs is 1. The Hall–Kier alpha value is -1.88. The molecule has 0 bridgehead atoms. The molecular formula is C16H23N5. The smallest absolute Gasteiger partial charge is 0.225 e. The highest BCUT2D eigenvalue weighted by Crippen LogP contribution is 2.24. The van der Waals surface area contributed by atoms with Crippen LogP contribution < -0.4 is 10.6 Å². The van der Waals surface area contributed by atoms with E-state index in [1.807, 2.05) is 18.2 Å². The van der Waals surface area contributed by atoms with Gasteiger partial charge in [-0.1, -0.05) is 19.1 Å². The van der Waals surface area contributed by atoms with Gasteiger partial charge in [-0.15, -0.1) is 0 Å². The minimum atomic E-state index is 0.465. The molecule has 0 amide bonds. The van der Waals surface area contributed by atoms with E-state index in [2.05, 4.69) is 45.5 Å². The second-order valence-corrected chi connectivity index (χ2v) is 5.73. The van der Waals surface area contributed by atoms with Gasteiger partial charge < -0.3 is 15.5 Å². The first kappa shape index (κ1) is 14.1. The maximum atomic E-state index is 4.68. The van der Waals surface area contributed by atoms with Crippen LogP contribution in [-0.2, 0) is 0 Å². The molecule has 0 saturated carbocycles. The summed E-state index contributed by atoms with van der Waals surface area (Å²) in [5.41, 5.74) is 0.986. The summed E-state index contributed by atoms with van der Waals surface area (Å²) < 4.78 is 0. The summed E-state index contributed by atoms with van der Waals surface area (Å²) in [5.74, 6) is 1.66. The standard InChI is InChI=1S/C16H23N5/c1-3-9-17-16-19-14-7-5-4-6-13(14)15(20-16)18-12-8-10-21(2)11-12/h4-7,12H,3,8-11H2,1-2H3,(H2,17,18,19,20). The van der Waals surface area contributed by atoms with E-state index in [0.717, 1.165) is 49.2 Å². The quantitative estimate of drug-likeness (QED) is 0.884. The van der Waals surface area contributed by atoms with Gasteiger partial charge >= 0.3 is 0 Å². The zero-order valence-electron chi connectivity index (χ0n) is 12.8. The zero-order chi connectivity index (χ0) is 14.7. The second kappa shape index (κ2) is 6.26. The molecule has 2 heterocycles. The third kappa shape index (κ3) is 3.24. The molecule has 1 fully saturated rings. The Morgan fingerprint density at radius 1 is 1.29 bits per heavy atom. The molecule has 3 rings (SSSR count). The van der Waals surface area contributed by atoms with E-state index in [-0.39, 0.29) is 0 Å². The SMILES string of the molecule is CCCNc1nc(NC2CCN(C)C2)c2ccccc2n1. The van der Waals surface area contributed by atoms with E-state index in [0.29, 0.717) is 12.0 Å². The highest BCUT2D eigenvalue weighted by molar-refractivity contribution is 5.90. The van der Waals surface area contributed by atoms with Crippen LogP contribution in [0.5, 0.6) is 0 Å². The van der Waals surface area contributed by atoms with Gasteiger partial charge in [0.05, 0.1) is 5.52 Å². The fraction of sp³-hybridized carbons (Fsp3) is 0.500. The average molecular weight is 285 g/mol. The predicted molar refractivity (Wildman–Crippen MR) is 87.8 cm³/mol. The molecule has 0 aliphatic carbocycles. The number of para-hydroxylation sites is 1. The minimum absolute atomic E-state index is 0.465. The zero-order valence-corrected chi connectivity index (χ0v) is 12.8. The molecule has 21 heavy (non-hydrogen) atoms. The first-order chi connectivity index (χ1) is 10.3. The van der Waals surface area contributed by atoms with Crippen molar-refractivity contribution < 1.29 is 0 Å². The molecule has 5 nitrogen and oxygen atoms in total. The molecule has 2 aromatic rings. The monoisotopic (exact) mass is 285 g/mol. The lowest BCUT2D eigenvalue weighted by Crippen LogP contribution is -2.24. The Morgan fingerprint density at radius 3 is 2.90 bits per heavy atom. The van der Waals surface area contributed by atoms with Crippen LogP contribution in [0, 0.1) is 0 Å². The molecule has 1 aromatic heterocycles. The van der Waals surface area contributed by atoms with Crippen LogP contribution in [0.1, 0.15) is 19.8 Å². The van der Waals surface area contributed by atoms with Crippen LogP contribution in [0.3, 0.4) is 0 Å². The van der Waals surface area contributed by atoms with E-state index in [1.165, 1.54) is 0 Å². The number of nitrogens with one attached hydrogen (secondary N) is 2. The lowest BCUT2D eigenvalue weighted by Gasteiger charge is -2.16. The predicted octanol–water partition coefficient (Wildman–Crippen LogP) is 2.57. The van der Waals surface area contributed by atoms with Crippen LogP contribution in [0.25, 0.3) is 10.9 Å². The maximum absolute atomic E-state index is 4.68. The average Bonchev–Trinajstić information content (AvgIpc) is 2.90. The number of likely N-dealkylation sites (N-methyl/N-ethyl adjacent to an activating group) is 1. The van der Waals surface area contributed by atoms with Crippen molar-refractivity contribution in [3.8, 4) is 0 Å². The van der Waals surface area contributed by atoms with Gasteiger partial charge in [-0.05, 0) is 38.6 Å². The number of anilines is 2. The van der Waals surface area contributed by atoms with Crippen molar-refractivity contribution in [2.45, 2.75) is 25.8 Å². The minimum Gasteiger partial charge on any atom is -0.365 e. The molecule has 112 valence electrons. The number of likely N-dealkylation sites (tertiary alicyclic amines) is 1. The van der Waals surface area contributed by atoms with E-state index in [1.54, 1.807) is 0 Å². The Kier molecular flexibility index (Phi) is 4.20. The Morgan fingerprint density at radius 2 is 2.14 bits per heavy atom. The van der Waals surface area contributed by atoms with Gasteiger partial charge in [0.2, 0.25) is 5.95 Å². The number of hydrogen-bond acceptors (Lipinski definition) is 5. The maximum Gasteiger partial charge on any atom is 0.225 e. The van der Waals surface area contributed by atoms with Crippen molar-refractivity contribution in [2.24, 2.45) is 0 Å². The normalized spacial score (nSPS) is 19.0. The number of benzene rings is 1. The number of nitrogens with zero attached hydrogens (tertiary/aromatic N) is 3. The van der Waals surface area contributed by atoms with Crippen LogP contribution >= 0.6 is 0 Å². The molecule has 1 atom stereocenters. The van der Waals surface area contributed by atoms with Crippen LogP contribution in [0.4, 0.5) is 11.8 Å². The molecule has 0 radical (unpaired) electrons. The largest absolute Gasteiger partial charge is 0.365 e. The number of aromatic nitrogens is 2. The summed E-state index contributed by atoms with van der Waals surface area (Å²) in [7, 11) is 2.16. The van der Waals surface area contributed by atoms with E-state index in [9.17, 15) is 0 Å².